The molecule has 1 aromatic heterocycles. The highest BCUT2D eigenvalue weighted by Crippen LogP contribution is 2.28. The Morgan fingerprint density at radius 3 is 2.58 bits per heavy atom. The summed E-state index contributed by atoms with van der Waals surface area (Å²) in [5.41, 5.74) is -4.32. The fourth-order valence-electron chi connectivity index (χ4n) is 2.63. The van der Waals surface area contributed by atoms with Crippen molar-refractivity contribution < 1.29 is 21.6 Å². The summed E-state index contributed by atoms with van der Waals surface area (Å²) in [7, 11) is -3.65. The highest BCUT2D eigenvalue weighted by molar-refractivity contribution is 7.90. The molecule has 0 spiro atoms. The Morgan fingerprint density at radius 1 is 1.35 bits per heavy atom. The highest BCUT2D eigenvalue weighted by Gasteiger charge is 2.50. The number of nitrogens with zero attached hydrogens (tertiary/aromatic N) is 3. The molecule has 0 bridgehead atoms. The van der Waals surface area contributed by atoms with Crippen molar-refractivity contribution in [3.63, 3.8) is 0 Å². The van der Waals surface area contributed by atoms with Gasteiger partial charge in [-0.25, -0.2) is 8.42 Å². The van der Waals surface area contributed by atoms with Crippen molar-refractivity contribution in [3.8, 4) is 0 Å². The maximum atomic E-state index is 12.6. The Balaban J connectivity index is 1.78. The van der Waals surface area contributed by atoms with Gasteiger partial charge < -0.3 is 10.6 Å². The number of aromatic nitrogens is 1. The third kappa shape index (κ3) is 5.31. The first-order valence-electron chi connectivity index (χ1n) is 8.17. The minimum atomic E-state index is -5.25. The van der Waals surface area contributed by atoms with Gasteiger partial charge in [-0.2, -0.15) is 17.5 Å². The molecule has 2 heterocycles. The summed E-state index contributed by atoms with van der Waals surface area (Å²) in [6.07, 6.45) is 2.96. The van der Waals surface area contributed by atoms with Crippen molar-refractivity contribution in [3.05, 3.63) is 30.1 Å². The van der Waals surface area contributed by atoms with Crippen LogP contribution < -0.4 is 10.6 Å². The molecule has 2 N–H and O–H groups in total. The molecule has 7 nitrogen and oxygen atoms in total. The summed E-state index contributed by atoms with van der Waals surface area (Å²) >= 11 is 0. The molecule has 2 rings (SSSR count). The van der Waals surface area contributed by atoms with E-state index in [1.807, 2.05) is 18.2 Å². The van der Waals surface area contributed by atoms with E-state index in [4.69, 9.17) is 0 Å². The summed E-state index contributed by atoms with van der Waals surface area (Å²) in [6.45, 7) is 0.243. The Labute approximate surface area is 150 Å². The lowest BCUT2D eigenvalue weighted by atomic mass is 10.1. The number of sulfonamides is 1. The average molecular weight is 393 g/mol. The molecule has 0 unspecified atom stereocenters. The minimum absolute atomic E-state index is 0.143. The molecule has 0 amide bonds. The van der Waals surface area contributed by atoms with Gasteiger partial charge in [-0.1, -0.05) is 6.07 Å². The smallest absolute Gasteiger partial charge is 0.356 e. The van der Waals surface area contributed by atoms with Crippen LogP contribution in [0, 0.1) is 0 Å². The predicted molar refractivity (Wildman–Crippen MR) is 92.0 cm³/mol. The van der Waals surface area contributed by atoms with Crippen LogP contribution in [0.5, 0.6) is 0 Å². The van der Waals surface area contributed by atoms with Crippen LogP contribution in [0.4, 0.5) is 13.2 Å². The van der Waals surface area contributed by atoms with Crippen LogP contribution >= 0.6 is 0 Å². The molecule has 0 aromatic carbocycles. The van der Waals surface area contributed by atoms with Gasteiger partial charge in [0.05, 0.1) is 0 Å². The van der Waals surface area contributed by atoms with Crippen molar-refractivity contribution in [1.29, 1.82) is 0 Å². The molecule has 1 aliphatic heterocycles. The number of nitrogens with one attached hydrogen (secondary N) is 2. The molecule has 26 heavy (non-hydrogen) atoms. The van der Waals surface area contributed by atoms with Crippen LogP contribution in [-0.4, -0.2) is 61.9 Å². The van der Waals surface area contributed by atoms with Gasteiger partial charge >= 0.3 is 15.5 Å². The van der Waals surface area contributed by atoms with Crippen molar-refractivity contribution >= 4 is 16.0 Å². The van der Waals surface area contributed by atoms with Crippen LogP contribution in [-0.2, 0) is 16.4 Å². The number of alkyl halides is 3. The van der Waals surface area contributed by atoms with Crippen LogP contribution in [0.3, 0.4) is 0 Å². The fourth-order valence-corrected chi connectivity index (χ4v) is 3.61. The van der Waals surface area contributed by atoms with E-state index in [1.54, 1.807) is 13.2 Å². The number of hydrogen-bond acceptors (Lipinski definition) is 4. The third-order valence-electron chi connectivity index (χ3n) is 4.05. The maximum absolute atomic E-state index is 12.6. The Bertz CT molecular complexity index is 702. The quantitative estimate of drug-likeness (QED) is 0.578. The normalized spacial score (nSPS) is 17.9. The highest BCUT2D eigenvalue weighted by atomic mass is 32.2. The monoisotopic (exact) mass is 393 g/mol. The lowest BCUT2D eigenvalue weighted by Gasteiger charge is -2.32. The zero-order valence-electron chi connectivity index (χ0n) is 14.3. The molecule has 1 fully saturated rings. The first-order valence-corrected chi connectivity index (χ1v) is 9.61. The largest absolute Gasteiger partial charge is 0.511 e. The van der Waals surface area contributed by atoms with Gasteiger partial charge in [-0.3, -0.25) is 9.98 Å². The van der Waals surface area contributed by atoms with Crippen molar-refractivity contribution in [2.24, 2.45) is 4.99 Å². The number of aliphatic imine (C=N–C) groups is 1. The lowest BCUT2D eigenvalue weighted by Crippen LogP contribution is -2.51. The summed E-state index contributed by atoms with van der Waals surface area (Å²) in [4.78, 5) is 8.30. The second-order valence-corrected chi connectivity index (χ2v) is 7.77. The maximum Gasteiger partial charge on any atom is 0.511 e. The van der Waals surface area contributed by atoms with Gasteiger partial charge in [0.1, 0.15) is 0 Å². The molecule has 0 atom stereocenters. The minimum Gasteiger partial charge on any atom is -0.356 e. The van der Waals surface area contributed by atoms with E-state index in [9.17, 15) is 21.6 Å². The van der Waals surface area contributed by atoms with E-state index in [2.05, 4.69) is 20.6 Å². The van der Waals surface area contributed by atoms with Gasteiger partial charge in [0.25, 0.3) is 0 Å². The van der Waals surface area contributed by atoms with Crippen molar-refractivity contribution in [2.45, 2.75) is 30.8 Å². The SMILES string of the molecule is CN=C(NCCc1ccccn1)NC1CCN(S(=O)(=O)C(F)(F)F)CC1. The molecular formula is C15H22F3N5O2S. The van der Waals surface area contributed by atoms with E-state index in [0.717, 1.165) is 5.69 Å². The van der Waals surface area contributed by atoms with E-state index < -0.39 is 15.5 Å². The Kier molecular flexibility index (Phi) is 6.81. The molecule has 1 aromatic rings. The second-order valence-electron chi connectivity index (χ2n) is 5.84. The van der Waals surface area contributed by atoms with E-state index in [1.165, 1.54) is 0 Å². The molecule has 1 aliphatic rings. The number of rotatable bonds is 5. The number of guanidine groups is 1. The molecule has 11 heteroatoms. The van der Waals surface area contributed by atoms with Gasteiger partial charge in [0.2, 0.25) is 0 Å². The first-order chi connectivity index (χ1) is 12.2. The van der Waals surface area contributed by atoms with Crippen molar-refractivity contribution in [1.82, 2.24) is 19.9 Å². The molecule has 0 aliphatic carbocycles. The summed E-state index contributed by atoms with van der Waals surface area (Å²) in [5.74, 6) is 0.526. The summed E-state index contributed by atoms with van der Waals surface area (Å²) < 4.78 is 61.0. The second kappa shape index (κ2) is 8.67. The summed E-state index contributed by atoms with van der Waals surface area (Å²) in [5, 5.41) is 6.24. The number of pyridine rings is 1. The third-order valence-corrected chi connectivity index (χ3v) is 5.68. The lowest BCUT2D eigenvalue weighted by molar-refractivity contribution is -0.0494. The Morgan fingerprint density at radius 2 is 2.04 bits per heavy atom. The summed E-state index contributed by atoms with van der Waals surface area (Å²) in [6, 6.07) is 5.51. The first kappa shape index (κ1) is 20.4. The predicted octanol–water partition coefficient (Wildman–Crippen LogP) is 1.10. The van der Waals surface area contributed by atoms with Gasteiger partial charge in [-0.05, 0) is 25.0 Å². The van der Waals surface area contributed by atoms with E-state index in [0.29, 0.717) is 23.2 Å². The molecule has 0 saturated carbocycles. The fraction of sp³-hybridized carbons (Fsp3) is 0.600. The topological polar surface area (TPSA) is 86.7 Å². The van der Waals surface area contributed by atoms with E-state index >= 15 is 0 Å². The zero-order chi connectivity index (χ0) is 19.2. The van der Waals surface area contributed by atoms with Crippen LogP contribution in [0.25, 0.3) is 0 Å². The molecule has 1 saturated heterocycles. The number of hydrogen-bond donors (Lipinski definition) is 2. The molecular weight excluding hydrogens is 371 g/mol. The van der Waals surface area contributed by atoms with Crippen LogP contribution in [0.15, 0.2) is 29.4 Å². The van der Waals surface area contributed by atoms with Crippen LogP contribution in [0.2, 0.25) is 0 Å². The molecule has 0 radical (unpaired) electrons. The van der Waals surface area contributed by atoms with Crippen LogP contribution in [0.1, 0.15) is 18.5 Å². The average Bonchev–Trinajstić information content (AvgIpc) is 2.61. The van der Waals surface area contributed by atoms with Gasteiger partial charge in [0, 0.05) is 51.0 Å². The van der Waals surface area contributed by atoms with Gasteiger partial charge in [0.15, 0.2) is 5.96 Å². The number of halogens is 3. The number of piperidine rings is 1. The zero-order valence-corrected chi connectivity index (χ0v) is 15.1. The van der Waals surface area contributed by atoms with Gasteiger partial charge in [-0.15, -0.1) is 0 Å². The Hall–Kier alpha value is -1.88. The van der Waals surface area contributed by atoms with E-state index in [-0.39, 0.29) is 32.0 Å². The molecule has 146 valence electrons. The standard InChI is InChI=1S/C15H22F3N5O2S/c1-19-14(21-9-5-12-4-2-3-8-20-12)22-13-6-10-23(11-7-13)26(24,25)15(16,17)18/h2-4,8,13H,5-7,9-11H2,1H3,(H2,19,21,22). The van der Waals surface area contributed by atoms with Crippen molar-refractivity contribution in [2.75, 3.05) is 26.7 Å².